The maximum absolute atomic E-state index is 10.8. The second-order valence-corrected chi connectivity index (χ2v) is 4.89. The molecule has 98 valence electrons. The zero-order valence-corrected chi connectivity index (χ0v) is 11.9. The van der Waals surface area contributed by atoms with Crippen LogP contribution in [0.1, 0.15) is 40.9 Å². The molecule has 0 unspecified atom stereocenters. The van der Waals surface area contributed by atoms with Gasteiger partial charge >= 0.3 is 0 Å². The quantitative estimate of drug-likeness (QED) is 0.727. The Morgan fingerprint density at radius 3 is 2.32 bits per heavy atom. The molecule has 1 nitrogen and oxygen atoms in total. The minimum Gasteiger partial charge on any atom is -0.298 e. The summed E-state index contributed by atoms with van der Waals surface area (Å²) < 4.78 is 0. The number of benzene rings is 2. The predicted molar refractivity (Wildman–Crippen MR) is 80.8 cm³/mol. The highest BCUT2D eigenvalue weighted by molar-refractivity contribution is 5.79. The normalized spacial score (nSPS) is 10.5. The standard InChI is InChI=1S/C18H20O/c1-4-14-6-8-16(5-2)18(11-14)17-9-7-15(12-19)10-13(17)3/h6-12H,4-5H2,1-3H3. The van der Waals surface area contributed by atoms with Gasteiger partial charge in [0.2, 0.25) is 0 Å². The number of carbonyl (C=O) groups is 1. The van der Waals surface area contributed by atoms with Crippen LogP contribution in [0.25, 0.3) is 11.1 Å². The zero-order valence-electron chi connectivity index (χ0n) is 11.9. The summed E-state index contributed by atoms with van der Waals surface area (Å²) >= 11 is 0. The third-order valence-corrected chi connectivity index (χ3v) is 3.64. The second-order valence-electron chi connectivity index (χ2n) is 4.89. The van der Waals surface area contributed by atoms with Gasteiger partial charge in [-0.3, -0.25) is 4.79 Å². The maximum atomic E-state index is 10.8. The lowest BCUT2D eigenvalue weighted by Gasteiger charge is -2.13. The fourth-order valence-corrected chi connectivity index (χ4v) is 2.46. The Balaban J connectivity index is 2.59. The Bertz CT molecular complexity index is 597. The first-order valence-electron chi connectivity index (χ1n) is 6.87. The number of aryl methyl sites for hydroxylation is 3. The molecule has 0 saturated heterocycles. The Kier molecular flexibility index (Phi) is 4.16. The van der Waals surface area contributed by atoms with E-state index in [1.54, 1.807) is 0 Å². The van der Waals surface area contributed by atoms with Crippen LogP contribution in [0.2, 0.25) is 0 Å². The fraction of sp³-hybridized carbons (Fsp3) is 0.278. The summed E-state index contributed by atoms with van der Waals surface area (Å²) in [6.07, 6.45) is 2.97. The van der Waals surface area contributed by atoms with Gasteiger partial charge in [-0.15, -0.1) is 0 Å². The molecule has 0 aliphatic carbocycles. The molecule has 2 aromatic rings. The van der Waals surface area contributed by atoms with Gasteiger partial charge in [0.15, 0.2) is 0 Å². The van der Waals surface area contributed by atoms with E-state index in [0.717, 1.165) is 30.3 Å². The van der Waals surface area contributed by atoms with Crippen LogP contribution in [-0.4, -0.2) is 6.29 Å². The Hall–Kier alpha value is -1.89. The molecule has 19 heavy (non-hydrogen) atoms. The third-order valence-electron chi connectivity index (χ3n) is 3.64. The smallest absolute Gasteiger partial charge is 0.150 e. The van der Waals surface area contributed by atoms with E-state index < -0.39 is 0 Å². The molecule has 0 saturated carbocycles. The Morgan fingerprint density at radius 1 is 0.947 bits per heavy atom. The molecule has 2 aromatic carbocycles. The number of aldehydes is 1. The van der Waals surface area contributed by atoms with Crippen LogP contribution < -0.4 is 0 Å². The summed E-state index contributed by atoms with van der Waals surface area (Å²) in [4.78, 5) is 10.8. The average Bonchev–Trinajstić information content (AvgIpc) is 2.46. The molecule has 0 heterocycles. The van der Waals surface area contributed by atoms with Gasteiger partial charge in [0.05, 0.1) is 0 Å². The van der Waals surface area contributed by atoms with Crippen molar-refractivity contribution in [2.24, 2.45) is 0 Å². The number of hydrogen-bond acceptors (Lipinski definition) is 1. The van der Waals surface area contributed by atoms with E-state index in [4.69, 9.17) is 0 Å². The number of rotatable bonds is 4. The highest BCUT2D eigenvalue weighted by Crippen LogP contribution is 2.29. The highest BCUT2D eigenvalue weighted by Gasteiger charge is 2.08. The lowest BCUT2D eigenvalue weighted by atomic mass is 9.92. The van der Waals surface area contributed by atoms with Gasteiger partial charge in [-0.2, -0.15) is 0 Å². The van der Waals surface area contributed by atoms with E-state index in [1.807, 2.05) is 12.1 Å². The van der Waals surface area contributed by atoms with Crippen molar-refractivity contribution in [3.63, 3.8) is 0 Å². The highest BCUT2D eigenvalue weighted by atomic mass is 16.1. The van der Waals surface area contributed by atoms with Gasteiger partial charge in [0.25, 0.3) is 0 Å². The van der Waals surface area contributed by atoms with E-state index in [1.165, 1.54) is 22.3 Å². The summed E-state index contributed by atoms with van der Waals surface area (Å²) in [5.74, 6) is 0. The van der Waals surface area contributed by atoms with Crippen LogP contribution in [-0.2, 0) is 12.8 Å². The zero-order chi connectivity index (χ0) is 13.8. The minimum atomic E-state index is 0.742. The predicted octanol–water partition coefficient (Wildman–Crippen LogP) is 4.60. The summed E-state index contributed by atoms with van der Waals surface area (Å²) in [6.45, 7) is 6.42. The fourth-order valence-electron chi connectivity index (χ4n) is 2.46. The van der Waals surface area contributed by atoms with Gasteiger partial charge in [-0.25, -0.2) is 0 Å². The Labute approximate surface area is 115 Å². The molecule has 0 amide bonds. The van der Waals surface area contributed by atoms with Crippen LogP contribution in [0.4, 0.5) is 0 Å². The van der Waals surface area contributed by atoms with Gasteiger partial charge in [0, 0.05) is 5.56 Å². The average molecular weight is 252 g/mol. The largest absolute Gasteiger partial charge is 0.298 e. The topological polar surface area (TPSA) is 17.1 Å². The maximum Gasteiger partial charge on any atom is 0.150 e. The van der Waals surface area contributed by atoms with Crippen molar-refractivity contribution in [1.29, 1.82) is 0 Å². The number of carbonyl (C=O) groups excluding carboxylic acids is 1. The molecular weight excluding hydrogens is 232 g/mol. The first-order chi connectivity index (χ1) is 9.19. The Morgan fingerprint density at radius 2 is 1.74 bits per heavy atom. The summed E-state index contributed by atoms with van der Waals surface area (Å²) in [7, 11) is 0. The third kappa shape index (κ3) is 2.76. The molecule has 0 N–H and O–H groups in total. The van der Waals surface area contributed by atoms with Crippen molar-refractivity contribution in [2.75, 3.05) is 0 Å². The van der Waals surface area contributed by atoms with Crippen LogP contribution in [0.15, 0.2) is 36.4 Å². The summed E-state index contributed by atoms with van der Waals surface area (Å²) in [5.41, 5.74) is 7.15. The molecule has 0 fully saturated rings. The van der Waals surface area contributed by atoms with Gasteiger partial charge < -0.3 is 0 Å². The SMILES string of the molecule is CCc1ccc(CC)c(-c2ccc(C=O)cc2C)c1. The van der Waals surface area contributed by atoms with Crippen molar-refractivity contribution in [1.82, 2.24) is 0 Å². The van der Waals surface area contributed by atoms with Gasteiger partial charge in [-0.1, -0.05) is 44.2 Å². The first kappa shape index (κ1) is 13.5. The van der Waals surface area contributed by atoms with E-state index >= 15 is 0 Å². The molecule has 0 aliphatic heterocycles. The van der Waals surface area contributed by atoms with E-state index in [0.29, 0.717) is 0 Å². The lowest BCUT2D eigenvalue weighted by Crippen LogP contribution is -1.94. The van der Waals surface area contributed by atoms with Crippen LogP contribution in [0, 0.1) is 6.92 Å². The van der Waals surface area contributed by atoms with Crippen LogP contribution >= 0.6 is 0 Å². The van der Waals surface area contributed by atoms with Crippen LogP contribution in [0.5, 0.6) is 0 Å². The van der Waals surface area contributed by atoms with Crippen molar-refractivity contribution in [3.8, 4) is 11.1 Å². The molecule has 1 heteroatoms. The molecule has 0 atom stereocenters. The summed E-state index contributed by atoms with van der Waals surface area (Å²) in [5, 5.41) is 0. The molecular formula is C18H20O. The van der Waals surface area contributed by atoms with Crippen molar-refractivity contribution >= 4 is 6.29 Å². The molecule has 0 bridgehead atoms. The van der Waals surface area contributed by atoms with Gasteiger partial charge in [0.1, 0.15) is 6.29 Å². The van der Waals surface area contributed by atoms with E-state index in [-0.39, 0.29) is 0 Å². The molecule has 0 radical (unpaired) electrons. The second kappa shape index (κ2) is 5.83. The number of hydrogen-bond donors (Lipinski definition) is 0. The van der Waals surface area contributed by atoms with E-state index in [9.17, 15) is 4.79 Å². The molecule has 0 aromatic heterocycles. The van der Waals surface area contributed by atoms with Crippen molar-refractivity contribution < 1.29 is 4.79 Å². The summed E-state index contributed by atoms with van der Waals surface area (Å²) in [6, 6.07) is 12.6. The van der Waals surface area contributed by atoms with Crippen molar-refractivity contribution in [3.05, 3.63) is 58.7 Å². The minimum absolute atomic E-state index is 0.742. The monoisotopic (exact) mass is 252 g/mol. The van der Waals surface area contributed by atoms with Crippen molar-refractivity contribution in [2.45, 2.75) is 33.6 Å². The molecule has 0 spiro atoms. The lowest BCUT2D eigenvalue weighted by molar-refractivity contribution is 0.112. The van der Waals surface area contributed by atoms with Gasteiger partial charge in [-0.05, 0) is 53.6 Å². The molecule has 0 aliphatic rings. The van der Waals surface area contributed by atoms with E-state index in [2.05, 4.69) is 45.0 Å². The molecule has 2 rings (SSSR count). The van der Waals surface area contributed by atoms with Crippen LogP contribution in [0.3, 0.4) is 0 Å². The first-order valence-corrected chi connectivity index (χ1v) is 6.87.